The molecule has 14 nitrogen and oxygen atoms in total. The van der Waals surface area contributed by atoms with Gasteiger partial charge < -0.3 is 25.2 Å². The molecule has 1 aromatic rings. The predicted molar refractivity (Wildman–Crippen MR) is 179 cm³/mol. The molecule has 2 saturated carbocycles. The molecule has 17 heteroatoms. The lowest BCUT2D eigenvalue weighted by Gasteiger charge is -2.30. The van der Waals surface area contributed by atoms with Crippen LogP contribution in [0.25, 0.3) is 6.08 Å². The van der Waals surface area contributed by atoms with Crippen LogP contribution in [-0.4, -0.2) is 109 Å². The highest BCUT2D eigenvalue weighted by atomic mass is 32.2. The lowest BCUT2D eigenvalue weighted by atomic mass is 10.0. The number of alkyl halides is 2. The van der Waals surface area contributed by atoms with Crippen molar-refractivity contribution >= 4 is 45.9 Å². The van der Waals surface area contributed by atoms with E-state index in [-0.39, 0.29) is 39.0 Å². The van der Waals surface area contributed by atoms with Crippen molar-refractivity contribution in [1.82, 2.24) is 30.1 Å². The normalized spacial score (nSPS) is 28.4. The van der Waals surface area contributed by atoms with Gasteiger partial charge in [0.05, 0.1) is 18.3 Å². The first-order valence-electron chi connectivity index (χ1n) is 17.1. The van der Waals surface area contributed by atoms with E-state index in [2.05, 4.69) is 21.9 Å². The zero-order valence-electron chi connectivity index (χ0n) is 28.2. The van der Waals surface area contributed by atoms with Crippen LogP contribution >= 0.6 is 0 Å². The number of amides is 6. The number of hydrogen-bond donors (Lipinski definition) is 3. The molecule has 0 unspecified atom stereocenters. The minimum absolute atomic E-state index is 0.0381. The monoisotopic (exact) mass is 732 g/mol. The van der Waals surface area contributed by atoms with Crippen molar-refractivity contribution in [3.8, 4) is 0 Å². The number of allylic oxidation sites excluding steroid dienone is 1. The highest BCUT2D eigenvalue weighted by Gasteiger charge is 2.62. The standard InChI is InChI=1S/C34H42F2N6O8S/c1-3-22-16-34(22,31(45)39-51(48,49)24-11-12-24)38-29(43)27-14-23-18-42(27)30(44)26(15-28(35)36)37-32(46)40(2)13-6-4-5-8-20-9-7-10-21-17-41(19-25(20)21)33(47)50-23/h3,5,7-10,22-24,26-28H,1,4,6,11-19H2,2H3,(H,37,46)(H,38,43)(H,39,45)/t22-,23-,26+,27+,34-/m1/s1. The zero-order valence-corrected chi connectivity index (χ0v) is 29.0. The molecule has 0 spiro atoms. The van der Waals surface area contributed by atoms with Crippen LogP contribution in [0, 0.1) is 5.92 Å². The van der Waals surface area contributed by atoms with E-state index in [1.165, 1.54) is 22.9 Å². The minimum Gasteiger partial charge on any atom is -0.444 e. The number of halogens is 2. The van der Waals surface area contributed by atoms with Gasteiger partial charge in [0.2, 0.25) is 28.3 Å². The maximum absolute atomic E-state index is 14.0. The summed E-state index contributed by atoms with van der Waals surface area (Å²) in [5.41, 5.74) is 1.13. The van der Waals surface area contributed by atoms with E-state index in [1.807, 2.05) is 30.4 Å². The van der Waals surface area contributed by atoms with Crippen molar-refractivity contribution in [3.05, 3.63) is 53.6 Å². The van der Waals surface area contributed by atoms with Crippen LogP contribution in [0.2, 0.25) is 0 Å². The summed E-state index contributed by atoms with van der Waals surface area (Å²) in [7, 11) is -2.49. The molecule has 3 fully saturated rings. The van der Waals surface area contributed by atoms with Crippen LogP contribution in [0.15, 0.2) is 36.9 Å². The van der Waals surface area contributed by atoms with E-state index < -0.39 is 87.6 Å². The number of benzene rings is 1. The van der Waals surface area contributed by atoms with Crippen LogP contribution in [0.1, 0.15) is 61.6 Å². The van der Waals surface area contributed by atoms with Gasteiger partial charge in [0.15, 0.2) is 0 Å². The molecule has 1 saturated heterocycles. The molecule has 0 radical (unpaired) electrons. The molecular weight excluding hydrogens is 690 g/mol. The van der Waals surface area contributed by atoms with Crippen LogP contribution in [0.3, 0.4) is 0 Å². The van der Waals surface area contributed by atoms with Gasteiger partial charge in [-0.2, -0.15) is 0 Å². The fourth-order valence-corrected chi connectivity index (χ4v) is 8.33. The summed E-state index contributed by atoms with van der Waals surface area (Å²) in [6, 6.07) is 1.82. The van der Waals surface area contributed by atoms with Gasteiger partial charge in [-0.25, -0.2) is 26.8 Å². The molecule has 5 atom stereocenters. The minimum atomic E-state index is -3.97. The van der Waals surface area contributed by atoms with Crippen LogP contribution < -0.4 is 15.4 Å². The fraction of sp³-hybridized carbons (Fsp3) is 0.559. The van der Waals surface area contributed by atoms with Crippen molar-refractivity contribution in [2.24, 2.45) is 5.92 Å². The van der Waals surface area contributed by atoms with E-state index >= 15 is 0 Å². The maximum atomic E-state index is 14.0. The number of carbonyl (C=O) groups is 5. The topological polar surface area (TPSA) is 175 Å². The Morgan fingerprint density at radius 1 is 1.20 bits per heavy atom. The smallest absolute Gasteiger partial charge is 0.410 e. The molecule has 4 bridgehead atoms. The van der Waals surface area contributed by atoms with Gasteiger partial charge in [0.1, 0.15) is 23.7 Å². The summed E-state index contributed by atoms with van der Waals surface area (Å²) < 4.78 is 60.7. The van der Waals surface area contributed by atoms with Crippen LogP contribution in [-0.2, 0) is 42.2 Å². The largest absolute Gasteiger partial charge is 0.444 e. The van der Waals surface area contributed by atoms with E-state index in [0.717, 1.165) is 21.6 Å². The molecule has 3 N–H and O–H groups in total. The first kappa shape index (κ1) is 36.3. The second-order valence-corrected chi connectivity index (χ2v) is 15.8. The Kier molecular flexibility index (Phi) is 10.1. The maximum Gasteiger partial charge on any atom is 0.410 e. The molecule has 6 amide bonds. The average molecular weight is 733 g/mol. The third-order valence-electron chi connectivity index (χ3n) is 10.2. The van der Waals surface area contributed by atoms with Gasteiger partial charge >= 0.3 is 12.1 Å². The third-order valence-corrected chi connectivity index (χ3v) is 12.0. The molecule has 3 heterocycles. The molecule has 1 aromatic carbocycles. The van der Waals surface area contributed by atoms with Crippen LogP contribution in [0.4, 0.5) is 18.4 Å². The Bertz CT molecular complexity index is 1750. The fourth-order valence-electron chi connectivity index (χ4n) is 6.96. The summed E-state index contributed by atoms with van der Waals surface area (Å²) in [5, 5.41) is 4.29. The number of nitrogens with one attached hydrogen (secondary N) is 3. The number of sulfonamides is 1. The Hall–Kier alpha value is -4.54. The average Bonchev–Trinajstić information content (AvgIpc) is 3.97. The molecule has 3 aliphatic heterocycles. The molecule has 276 valence electrons. The van der Waals surface area contributed by atoms with Gasteiger partial charge in [-0.1, -0.05) is 36.4 Å². The van der Waals surface area contributed by atoms with Crippen molar-refractivity contribution in [1.29, 1.82) is 0 Å². The Labute approximate surface area is 294 Å². The van der Waals surface area contributed by atoms with Gasteiger partial charge in [0.25, 0.3) is 5.91 Å². The number of fused-ring (bicyclic) bond motifs is 3. The van der Waals surface area contributed by atoms with E-state index in [4.69, 9.17) is 4.74 Å². The molecule has 6 rings (SSSR count). The third kappa shape index (κ3) is 7.72. The first-order valence-corrected chi connectivity index (χ1v) is 18.6. The Balaban J connectivity index is 1.28. The SMILES string of the molecule is C=C[C@@H]1C[C@]1(NC(=O)[C@@H]1C[C@@H]2CN1C(=O)[C@H](CC(F)F)NC(=O)N(C)CCCC=Cc1cccc3c1CN(C3)C(=O)O2)C(=O)NS(=O)(=O)C1CC1. The lowest BCUT2D eigenvalue weighted by Crippen LogP contribution is -2.59. The Morgan fingerprint density at radius 2 is 1.96 bits per heavy atom. The second kappa shape index (κ2) is 14.2. The number of urea groups is 1. The van der Waals surface area contributed by atoms with E-state index in [0.29, 0.717) is 25.7 Å². The van der Waals surface area contributed by atoms with Crippen molar-refractivity contribution in [3.63, 3.8) is 0 Å². The van der Waals surface area contributed by atoms with Crippen LogP contribution in [0.5, 0.6) is 0 Å². The molecular formula is C34H42F2N6O8S. The zero-order chi connectivity index (χ0) is 36.7. The summed E-state index contributed by atoms with van der Waals surface area (Å²) in [6.45, 7) is 4.12. The Morgan fingerprint density at radius 3 is 2.65 bits per heavy atom. The van der Waals surface area contributed by atoms with Crippen molar-refractivity contribution < 1.29 is 45.9 Å². The van der Waals surface area contributed by atoms with E-state index in [9.17, 15) is 41.2 Å². The molecule has 5 aliphatic rings. The summed E-state index contributed by atoms with van der Waals surface area (Å²) in [6.07, 6.45) is 1.24. The lowest BCUT2D eigenvalue weighted by molar-refractivity contribution is -0.141. The van der Waals surface area contributed by atoms with Gasteiger partial charge in [-0.05, 0) is 48.8 Å². The summed E-state index contributed by atoms with van der Waals surface area (Å²) >= 11 is 0. The second-order valence-electron chi connectivity index (χ2n) is 13.9. The molecule has 0 aromatic heterocycles. The highest BCUT2D eigenvalue weighted by molar-refractivity contribution is 7.91. The number of rotatable bonds is 8. The summed E-state index contributed by atoms with van der Waals surface area (Å²) in [4.78, 5) is 71.6. The number of hydrogen-bond acceptors (Lipinski definition) is 8. The van der Waals surface area contributed by atoms with Crippen molar-refractivity contribution in [2.45, 2.75) is 93.4 Å². The van der Waals surface area contributed by atoms with Gasteiger partial charge in [-0.15, -0.1) is 6.58 Å². The van der Waals surface area contributed by atoms with Crippen molar-refractivity contribution in [2.75, 3.05) is 20.1 Å². The van der Waals surface area contributed by atoms with Gasteiger partial charge in [0, 0.05) is 38.9 Å². The number of ether oxygens (including phenoxy) is 1. The molecule has 51 heavy (non-hydrogen) atoms. The first-order chi connectivity index (χ1) is 24.2. The quantitative estimate of drug-likeness (QED) is 0.342. The van der Waals surface area contributed by atoms with Gasteiger partial charge in [-0.3, -0.25) is 24.0 Å². The molecule has 2 aliphatic carbocycles. The van der Waals surface area contributed by atoms with E-state index in [1.54, 1.807) is 0 Å². The predicted octanol–water partition coefficient (Wildman–Crippen LogP) is 2.25. The number of carbonyl (C=O) groups excluding carboxylic acids is 5. The number of nitrogens with zero attached hydrogens (tertiary/aromatic N) is 3. The highest BCUT2D eigenvalue weighted by Crippen LogP contribution is 2.45. The summed E-state index contributed by atoms with van der Waals surface area (Å²) in [5.74, 6) is -3.45.